The Hall–Kier alpha value is -1.10. The first-order valence-corrected chi connectivity index (χ1v) is 6.41. The Labute approximate surface area is 92.7 Å². The Morgan fingerprint density at radius 1 is 1.67 bits per heavy atom. The number of aromatic nitrogens is 1. The molecule has 3 N–H and O–H groups in total. The molecular weight excluding hydrogens is 210 g/mol. The van der Waals surface area contributed by atoms with Crippen LogP contribution in [-0.4, -0.2) is 27.2 Å². The summed E-state index contributed by atoms with van der Waals surface area (Å²) in [4.78, 5) is 4.14. The third kappa shape index (κ3) is 3.20. The van der Waals surface area contributed by atoms with Gasteiger partial charge in [-0.3, -0.25) is 4.21 Å². The first kappa shape index (κ1) is 12.0. The van der Waals surface area contributed by atoms with Gasteiger partial charge in [-0.05, 0) is 25.5 Å². The van der Waals surface area contributed by atoms with Crippen LogP contribution in [0.15, 0.2) is 12.3 Å². The number of hydrogen-bond acceptors (Lipinski definition) is 4. The van der Waals surface area contributed by atoms with Crippen LogP contribution >= 0.6 is 0 Å². The molecule has 0 spiro atoms. The van der Waals surface area contributed by atoms with Gasteiger partial charge < -0.3 is 11.1 Å². The SMILES string of the molecule is Cc1ccnc(NCC(C)S(C)=O)c1N. The average Bonchev–Trinajstić information content (AvgIpc) is 2.19. The molecule has 0 saturated heterocycles. The van der Waals surface area contributed by atoms with Gasteiger partial charge in [0.1, 0.15) is 5.82 Å². The number of nitrogens with one attached hydrogen (secondary N) is 1. The van der Waals surface area contributed by atoms with Crippen molar-refractivity contribution in [1.29, 1.82) is 0 Å². The zero-order valence-electron chi connectivity index (χ0n) is 9.28. The third-order valence-corrected chi connectivity index (χ3v) is 3.63. The van der Waals surface area contributed by atoms with Gasteiger partial charge in [0.25, 0.3) is 0 Å². The Morgan fingerprint density at radius 3 is 2.93 bits per heavy atom. The molecular formula is C10H17N3OS. The lowest BCUT2D eigenvalue weighted by atomic mass is 10.2. The number of rotatable bonds is 4. The number of pyridine rings is 1. The van der Waals surface area contributed by atoms with Gasteiger partial charge in [-0.1, -0.05) is 0 Å². The molecule has 0 amide bonds. The maximum atomic E-state index is 11.1. The molecule has 84 valence electrons. The summed E-state index contributed by atoms with van der Waals surface area (Å²) in [7, 11) is -0.827. The van der Waals surface area contributed by atoms with Gasteiger partial charge in [0.2, 0.25) is 0 Å². The molecule has 0 saturated carbocycles. The van der Waals surface area contributed by atoms with Crippen LogP contribution in [-0.2, 0) is 10.8 Å². The molecule has 1 aromatic rings. The van der Waals surface area contributed by atoms with Gasteiger partial charge >= 0.3 is 0 Å². The predicted octanol–water partition coefficient (Wildman–Crippen LogP) is 1.15. The largest absolute Gasteiger partial charge is 0.396 e. The molecule has 5 heteroatoms. The molecule has 1 rings (SSSR count). The number of nitrogens with zero attached hydrogens (tertiary/aromatic N) is 1. The van der Waals surface area contributed by atoms with Gasteiger partial charge in [0, 0.05) is 35.0 Å². The van der Waals surface area contributed by atoms with Crippen LogP contribution < -0.4 is 11.1 Å². The minimum Gasteiger partial charge on any atom is -0.396 e. The lowest BCUT2D eigenvalue weighted by Crippen LogP contribution is -2.21. The lowest BCUT2D eigenvalue weighted by molar-refractivity contribution is 0.679. The van der Waals surface area contributed by atoms with Crippen molar-refractivity contribution in [2.75, 3.05) is 23.9 Å². The predicted molar refractivity (Wildman–Crippen MR) is 65.4 cm³/mol. The van der Waals surface area contributed by atoms with Crippen molar-refractivity contribution >= 4 is 22.3 Å². The molecule has 0 bridgehead atoms. The maximum absolute atomic E-state index is 11.1. The molecule has 4 nitrogen and oxygen atoms in total. The average molecular weight is 227 g/mol. The number of hydrogen-bond donors (Lipinski definition) is 2. The van der Waals surface area contributed by atoms with Crippen LogP contribution in [0.25, 0.3) is 0 Å². The third-order valence-electron chi connectivity index (χ3n) is 2.33. The Bertz CT molecular complexity index is 368. The number of anilines is 2. The summed E-state index contributed by atoms with van der Waals surface area (Å²) >= 11 is 0. The van der Waals surface area contributed by atoms with E-state index < -0.39 is 10.8 Å². The second-order valence-corrected chi connectivity index (χ2v) is 5.38. The fraction of sp³-hybridized carbons (Fsp3) is 0.500. The van der Waals surface area contributed by atoms with Gasteiger partial charge in [0.15, 0.2) is 0 Å². The molecule has 2 atom stereocenters. The van der Waals surface area contributed by atoms with E-state index in [-0.39, 0.29) is 5.25 Å². The summed E-state index contributed by atoms with van der Waals surface area (Å²) in [6.45, 7) is 4.47. The monoisotopic (exact) mass is 227 g/mol. The zero-order chi connectivity index (χ0) is 11.4. The second-order valence-electron chi connectivity index (χ2n) is 3.58. The van der Waals surface area contributed by atoms with Crippen molar-refractivity contribution in [2.45, 2.75) is 19.1 Å². The standard InChI is InChI=1S/C10H17N3OS/c1-7-4-5-12-10(9(7)11)13-6-8(2)15(3)14/h4-5,8H,6,11H2,1-3H3,(H,12,13). The van der Waals surface area contributed by atoms with Gasteiger partial charge in [-0.25, -0.2) is 4.98 Å². The van der Waals surface area contributed by atoms with Crippen molar-refractivity contribution < 1.29 is 4.21 Å². The minimum absolute atomic E-state index is 0.0895. The number of nitrogen functional groups attached to an aromatic ring is 1. The van der Waals surface area contributed by atoms with E-state index in [0.717, 1.165) is 5.56 Å². The molecule has 0 fully saturated rings. The highest BCUT2D eigenvalue weighted by atomic mass is 32.2. The maximum Gasteiger partial charge on any atom is 0.149 e. The van der Waals surface area contributed by atoms with Gasteiger partial charge in [0.05, 0.1) is 5.69 Å². The molecule has 2 unspecified atom stereocenters. The lowest BCUT2D eigenvalue weighted by Gasteiger charge is -2.12. The number of nitrogens with two attached hydrogens (primary N) is 1. The highest BCUT2D eigenvalue weighted by Crippen LogP contribution is 2.18. The first-order chi connectivity index (χ1) is 7.02. The van der Waals surface area contributed by atoms with Crippen molar-refractivity contribution in [3.8, 4) is 0 Å². The quantitative estimate of drug-likeness (QED) is 0.809. The molecule has 0 aliphatic carbocycles. The topological polar surface area (TPSA) is 68.0 Å². The summed E-state index contributed by atoms with van der Waals surface area (Å²) in [6.07, 6.45) is 3.40. The van der Waals surface area contributed by atoms with Crippen molar-refractivity contribution in [3.63, 3.8) is 0 Å². The van der Waals surface area contributed by atoms with E-state index in [4.69, 9.17) is 5.73 Å². The van der Waals surface area contributed by atoms with Crippen molar-refractivity contribution in [2.24, 2.45) is 0 Å². The highest BCUT2D eigenvalue weighted by Gasteiger charge is 2.08. The minimum atomic E-state index is -0.827. The number of aryl methyl sites for hydroxylation is 1. The molecule has 0 aromatic carbocycles. The van der Waals surface area contributed by atoms with Crippen LogP contribution in [0.3, 0.4) is 0 Å². The summed E-state index contributed by atoms with van der Waals surface area (Å²) in [6, 6.07) is 1.86. The Morgan fingerprint density at radius 2 is 2.33 bits per heavy atom. The molecule has 1 aromatic heterocycles. The first-order valence-electron chi connectivity index (χ1n) is 4.79. The zero-order valence-corrected chi connectivity index (χ0v) is 10.1. The second kappa shape index (κ2) is 5.11. The molecule has 0 radical (unpaired) electrons. The van der Waals surface area contributed by atoms with Crippen molar-refractivity contribution in [1.82, 2.24) is 4.98 Å². The van der Waals surface area contributed by atoms with E-state index in [1.54, 1.807) is 12.5 Å². The molecule has 0 aliphatic heterocycles. The smallest absolute Gasteiger partial charge is 0.149 e. The van der Waals surface area contributed by atoms with Crippen LogP contribution in [0.2, 0.25) is 0 Å². The van der Waals surface area contributed by atoms with Gasteiger partial charge in [-0.15, -0.1) is 0 Å². The molecule has 0 aliphatic rings. The normalized spacial score (nSPS) is 14.6. The highest BCUT2D eigenvalue weighted by molar-refractivity contribution is 7.84. The van der Waals surface area contributed by atoms with E-state index in [1.165, 1.54) is 0 Å². The van der Waals surface area contributed by atoms with E-state index in [1.807, 2.05) is 19.9 Å². The van der Waals surface area contributed by atoms with E-state index >= 15 is 0 Å². The van der Waals surface area contributed by atoms with Crippen LogP contribution in [0, 0.1) is 6.92 Å². The van der Waals surface area contributed by atoms with Crippen LogP contribution in [0.1, 0.15) is 12.5 Å². The van der Waals surface area contributed by atoms with Gasteiger partial charge in [-0.2, -0.15) is 0 Å². The molecule has 15 heavy (non-hydrogen) atoms. The van der Waals surface area contributed by atoms with E-state index in [2.05, 4.69) is 10.3 Å². The fourth-order valence-electron chi connectivity index (χ4n) is 1.07. The van der Waals surface area contributed by atoms with Crippen LogP contribution in [0.4, 0.5) is 11.5 Å². The fourth-order valence-corrected chi connectivity index (χ4v) is 1.39. The molecule has 1 heterocycles. The van der Waals surface area contributed by atoms with Crippen molar-refractivity contribution in [3.05, 3.63) is 17.8 Å². The summed E-state index contributed by atoms with van der Waals surface area (Å²) in [5.74, 6) is 0.673. The summed E-state index contributed by atoms with van der Waals surface area (Å²) in [5, 5.41) is 3.20. The summed E-state index contributed by atoms with van der Waals surface area (Å²) in [5.41, 5.74) is 7.50. The Kier molecular flexibility index (Phi) is 4.08. The summed E-state index contributed by atoms with van der Waals surface area (Å²) < 4.78 is 11.1. The Balaban J connectivity index is 2.66. The van der Waals surface area contributed by atoms with E-state index in [9.17, 15) is 4.21 Å². The van der Waals surface area contributed by atoms with E-state index in [0.29, 0.717) is 18.1 Å². The van der Waals surface area contributed by atoms with Crippen LogP contribution in [0.5, 0.6) is 0 Å².